The number of aromatic carboxylic acids is 1. The van der Waals surface area contributed by atoms with Crippen molar-refractivity contribution in [3.63, 3.8) is 0 Å². The second-order valence-electron chi connectivity index (χ2n) is 11.1. The number of methoxy groups -OCH3 is 1. The van der Waals surface area contributed by atoms with E-state index in [1.807, 2.05) is 4.57 Å². The first kappa shape index (κ1) is 39.4. The standard InChI is InChI=1S/C18H17FN4O2S.C8H6Cl2O3.C3H8NO5P/c1-4-5-22-13-7-12(11(19)6-14(13)25-9-16(22)24)20-17-23-10-18(2,3)8-15(23)21-26-17;1-13-7-5(10)3-2-4(9)6(7)8(11)12;5-3(6)1-4-2-10(7,8)9/h1,6-7H,5,8-10H2,2-3H3;2-3H,1H3,(H,11,12);4H,1-2H2,(H,5,6)(H2,7,8,9). The van der Waals surface area contributed by atoms with E-state index in [0.717, 1.165) is 18.8 Å². The Morgan fingerprint density at radius 3 is 2.51 bits per heavy atom. The topological polar surface area (TPSA) is 213 Å². The number of hydrogen-bond donors (Lipinski definition) is 5. The summed E-state index contributed by atoms with van der Waals surface area (Å²) in [6.45, 7) is 4.61. The number of aliphatic carboxylic acids is 1. The highest BCUT2D eigenvalue weighted by Gasteiger charge is 2.31. The summed E-state index contributed by atoms with van der Waals surface area (Å²) in [6.07, 6.45) is 5.62. The van der Waals surface area contributed by atoms with Crippen LogP contribution < -0.4 is 24.5 Å². The summed E-state index contributed by atoms with van der Waals surface area (Å²) in [5.41, 5.74) is 0.564. The van der Waals surface area contributed by atoms with Gasteiger partial charge in [-0.3, -0.25) is 24.4 Å². The van der Waals surface area contributed by atoms with Crippen LogP contribution in [0.1, 0.15) is 30.0 Å². The second kappa shape index (κ2) is 16.6. The molecule has 0 spiro atoms. The second-order valence-corrected chi connectivity index (χ2v) is 14.2. The monoisotopic (exact) mass is 761 g/mol. The summed E-state index contributed by atoms with van der Waals surface area (Å²) < 4.78 is 41.2. The van der Waals surface area contributed by atoms with E-state index in [9.17, 15) is 23.3 Å². The van der Waals surface area contributed by atoms with E-state index in [0.29, 0.717) is 16.2 Å². The Labute approximate surface area is 293 Å². The van der Waals surface area contributed by atoms with Crippen molar-refractivity contribution in [1.29, 1.82) is 0 Å². The Bertz CT molecular complexity index is 1910. The van der Waals surface area contributed by atoms with Gasteiger partial charge in [-0.05, 0) is 23.6 Å². The maximum atomic E-state index is 14.5. The van der Waals surface area contributed by atoms with E-state index in [1.54, 1.807) is 0 Å². The molecule has 3 heterocycles. The number of rotatable bonds is 8. The van der Waals surface area contributed by atoms with Crippen molar-refractivity contribution in [3.05, 3.63) is 56.3 Å². The third-order valence-corrected chi connectivity index (χ3v) is 8.53. The number of terminal acetylenes is 1. The molecule has 3 aromatic rings. The molecule has 0 saturated carbocycles. The summed E-state index contributed by atoms with van der Waals surface area (Å²) in [4.78, 5) is 55.4. The Morgan fingerprint density at radius 2 is 1.94 bits per heavy atom. The zero-order valence-corrected chi connectivity index (χ0v) is 29.4. The fraction of sp³-hybridized carbons (Fsp3) is 0.345. The quantitative estimate of drug-likeness (QED) is 0.164. The van der Waals surface area contributed by atoms with Gasteiger partial charge < -0.3 is 34.0 Å². The normalized spacial score (nSPS) is 14.6. The molecule has 1 aromatic heterocycles. The minimum Gasteiger partial charge on any atom is -0.494 e. The lowest BCUT2D eigenvalue weighted by molar-refractivity contribution is -0.135. The molecule has 264 valence electrons. The number of halogens is 3. The molecule has 0 aliphatic carbocycles. The molecule has 5 rings (SSSR count). The van der Waals surface area contributed by atoms with Crippen LogP contribution in [0.3, 0.4) is 0 Å². The zero-order chi connectivity index (χ0) is 36.7. The number of carbonyl (C=O) groups excluding carboxylic acids is 1. The van der Waals surface area contributed by atoms with Crippen molar-refractivity contribution in [2.75, 3.05) is 38.0 Å². The summed E-state index contributed by atoms with van der Waals surface area (Å²) >= 11 is 12.6. The lowest BCUT2D eigenvalue weighted by Gasteiger charge is -2.28. The first-order valence-corrected chi connectivity index (χ1v) is 17.2. The molecule has 2 aromatic carbocycles. The van der Waals surface area contributed by atoms with Crippen molar-refractivity contribution < 1.29 is 52.8 Å². The van der Waals surface area contributed by atoms with E-state index in [-0.39, 0.29) is 51.5 Å². The number of hydrogen-bond acceptors (Lipinski definition) is 10. The lowest BCUT2D eigenvalue weighted by atomic mass is 9.92. The predicted molar refractivity (Wildman–Crippen MR) is 178 cm³/mol. The molecule has 5 N–H and O–H groups in total. The van der Waals surface area contributed by atoms with Gasteiger partial charge in [-0.25, -0.2) is 14.2 Å². The maximum absolute atomic E-state index is 14.5. The van der Waals surface area contributed by atoms with Crippen molar-refractivity contribution in [2.45, 2.75) is 26.8 Å². The highest BCUT2D eigenvalue weighted by molar-refractivity contribution is 7.51. The Balaban J connectivity index is 0.000000236. The van der Waals surface area contributed by atoms with Crippen LogP contribution in [0.4, 0.5) is 15.8 Å². The van der Waals surface area contributed by atoms with E-state index in [1.165, 1.54) is 47.8 Å². The first-order chi connectivity index (χ1) is 22.9. The van der Waals surface area contributed by atoms with Gasteiger partial charge in [0.1, 0.15) is 22.8 Å². The SMILES string of the molecule is C#CCN1C(=O)COc2cc(F)c(N=c3snc4n3CC(C)(C)C4)cc21.COc1c(Cl)ccc(Cl)c1C(=O)O.O=C(O)CNCP(=O)(O)O. The maximum Gasteiger partial charge on any atom is 0.341 e. The van der Waals surface area contributed by atoms with Gasteiger partial charge in [0.05, 0.1) is 42.2 Å². The van der Waals surface area contributed by atoms with Gasteiger partial charge in [-0.15, -0.1) is 6.42 Å². The van der Waals surface area contributed by atoms with Crippen molar-refractivity contribution in [2.24, 2.45) is 10.4 Å². The van der Waals surface area contributed by atoms with Gasteiger partial charge in [0.2, 0.25) is 4.80 Å². The van der Waals surface area contributed by atoms with Gasteiger partial charge in [0.15, 0.2) is 18.2 Å². The molecule has 1 amide bonds. The predicted octanol–water partition coefficient (Wildman–Crippen LogP) is 3.75. The van der Waals surface area contributed by atoms with Gasteiger partial charge in [-0.2, -0.15) is 4.37 Å². The van der Waals surface area contributed by atoms with Gasteiger partial charge in [0.25, 0.3) is 5.91 Å². The van der Waals surface area contributed by atoms with Gasteiger partial charge in [0, 0.05) is 30.6 Å². The fourth-order valence-corrected chi connectivity index (χ4v) is 6.11. The van der Waals surface area contributed by atoms with Crippen LogP contribution in [-0.4, -0.2) is 79.9 Å². The number of nitrogens with zero attached hydrogens (tertiary/aromatic N) is 4. The van der Waals surface area contributed by atoms with Crippen LogP contribution in [0.25, 0.3) is 0 Å². The zero-order valence-electron chi connectivity index (χ0n) is 26.1. The molecule has 2 aliphatic heterocycles. The highest BCUT2D eigenvalue weighted by atomic mass is 35.5. The largest absolute Gasteiger partial charge is 0.494 e. The fourth-order valence-electron chi connectivity index (χ4n) is 4.49. The number of aromatic nitrogens is 2. The van der Waals surface area contributed by atoms with E-state index in [2.05, 4.69) is 34.5 Å². The molecule has 49 heavy (non-hydrogen) atoms. The average molecular weight is 763 g/mol. The van der Waals surface area contributed by atoms with Crippen LogP contribution in [0.2, 0.25) is 10.0 Å². The molecular formula is C29H31Cl2FN5O10PS. The number of amides is 1. The van der Waals surface area contributed by atoms with Crippen LogP contribution in [-0.2, 0) is 27.1 Å². The number of anilines is 1. The molecule has 0 fully saturated rings. The number of carboxylic acid groups (broad SMARTS) is 2. The van der Waals surface area contributed by atoms with E-state index in [4.69, 9.17) is 59.1 Å². The van der Waals surface area contributed by atoms with Gasteiger partial charge >= 0.3 is 19.5 Å². The summed E-state index contributed by atoms with van der Waals surface area (Å²) in [6, 6.07) is 5.65. The van der Waals surface area contributed by atoms with E-state index >= 15 is 0 Å². The highest BCUT2D eigenvalue weighted by Crippen LogP contribution is 2.38. The van der Waals surface area contributed by atoms with Crippen LogP contribution in [0.5, 0.6) is 11.5 Å². The molecule has 2 aliphatic rings. The summed E-state index contributed by atoms with van der Waals surface area (Å²) in [5, 5.41) is 19.2. The van der Waals surface area contributed by atoms with Crippen LogP contribution >= 0.6 is 42.3 Å². The molecule has 15 nitrogen and oxygen atoms in total. The molecule has 0 radical (unpaired) electrons. The van der Waals surface area contributed by atoms with Crippen LogP contribution in [0.15, 0.2) is 29.3 Å². The van der Waals surface area contributed by atoms with Crippen LogP contribution in [0, 0.1) is 23.6 Å². The third-order valence-electron chi connectivity index (χ3n) is 6.51. The van der Waals surface area contributed by atoms with Crippen molar-refractivity contribution in [1.82, 2.24) is 14.3 Å². The Morgan fingerprint density at radius 1 is 1.27 bits per heavy atom. The average Bonchev–Trinajstić information content (AvgIpc) is 3.50. The number of fused-ring (bicyclic) bond motifs is 2. The van der Waals surface area contributed by atoms with Crippen molar-refractivity contribution >= 4 is 71.6 Å². The number of carbonyl (C=O) groups is 3. The number of nitrogens with one attached hydrogen (secondary N) is 1. The Kier molecular flexibility index (Phi) is 13.4. The van der Waals surface area contributed by atoms with Crippen molar-refractivity contribution in [3.8, 4) is 23.8 Å². The van der Waals surface area contributed by atoms with Gasteiger partial charge in [-0.1, -0.05) is 43.0 Å². The molecular weight excluding hydrogens is 731 g/mol. The summed E-state index contributed by atoms with van der Waals surface area (Å²) in [7, 11) is -2.76. The molecule has 20 heteroatoms. The Hall–Kier alpha value is -4.01. The smallest absolute Gasteiger partial charge is 0.341 e. The lowest BCUT2D eigenvalue weighted by Crippen LogP contribution is -2.39. The number of carboxylic acids is 2. The first-order valence-electron chi connectivity index (χ1n) is 13.9. The summed E-state index contributed by atoms with van der Waals surface area (Å²) in [5.74, 6) is 0.699. The number of benzene rings is 2. The third kappa shape index (κ3) is 10.7. The minimum absolute atomic E-state index is 0.0849. The molecule has 0 saturated heterocycles. The minimum atomic E-state index is -4.10. The van der Waals surface area contributed by atoms with E-state index < -0.39 is 38.2 Å². The molecule has 0 unspecified atom stereocenters. The molecule has 0 atom stereocenters. The molecule has 0 bridgehead atoms. The number of ether oxygens (including phenoxy) is 2.